The van der Waals surface area contributed by atoms with E-state index in [0.717, 1.165) is 46.7 Å². The van der Waals surface area contributed by atoms with Crippen molar-refractivity contribution in [1.82, 2.24) is 4.90 Å². The maximum absolute atomic E-state index is 12.8. The number of para-hydroxylation sites is 1. The van der Waals surface area contributed by atoms with Crippen LogP contribution in [0.2, 0.25) is 0 Å². The van der Waals surface area contributed by atoms with Gasteiger partial charge in [-0.3, -0.25) is 14.6 Å². The van der Waals surface area contributed by atoms with E-state index < -0.39 is 5.72 Å². The van der Waals surface area contributed by atoms with E-state index in [4.69, 9.17) is 9.73 Å². The number of aliphatic imine (C=N–C) groups is 1. The summed E-state index contributed by atoms with van der Waals surface area (Å²) in [5.74, 6) is 0.952. The van der Waals surface area contributed by atoms with Crippen molar-refractivity contribution in [2.45, 2.75) is 51.7 Å². The van der Waals surface area contributed by atoms with Gasteiger partial charge >= 0.3 is 0 Å². The monoisotopic (exact) mass is 538 g/mol. The molecule has 3 aliphatic heterocycles. The second-order valence-corrected chi connectivity index (χ2v) is 12.0. The zero-order valence-electron chi connectivity index (χ0n) is 24.1. The molecule has 3 aliphatic rings. The van der Waals surface area contributed by atoms with Crippen molar-refractivity contribution in [3.05, 3.63) is 60.2 Å². The highest BCUT2D eigenvalue weighted by molar-refractivity contribution is 6.06. The molecule has 1 amide bonds. The van der Waals surface area contributed by atoms with Crippen molar-refractivity contribution >= 4 is 45.7 Å². The van der Waals surface area contributed by atoms with Gasteiger partial charge in [0.25, 0.3) is 0 Å². The molecule has 0 aliphatic carbocycles. The standard InChI is InChI=1S/C33H38N4O3/c1-22(2)28(38)14-15-30(39)37-18-16-36(17-19-37)27-20-29-31(24-11-7-6-10-23(24)27)34-21-33(40-29)32(3,4)25-12-8-9-13-26(25)35(33)5/h6-13,20-22H,14-19H2,1-5H3. The lowest BCUT2D eigenvalue weighted by Gasteiger charge is -2.45. The van der Waals surface area contributed by atoms with Gasteiger partial charge in [-0.2, -0.15) is 0 Å². The van der Waals surface area contributed by atoms with Gasteiger partial charge in [0.1, 0.15) is 11.5 Å². The molecule has 7 heteroatoms. The molecular weight excluding hydrogens is 500 g/mol. The van der Waals surface area contributed by atoms with Gasteiger partial charge in [0.05, 0.1) is 11.6 Å². The average molecular weight is 539 g/mol. The van der Waals surface area contributed by atoms with Gasteiger partial charge in [-0.25, -0.2) is 0 Å². The molecule has 208 valence electrons. The molecule has 0 radical (unpaired) electrons. The van der Waals surface area contributed by atoms with Crippen LogP contribution in [0.3, 0.4) is 0 Å². The minimum Gasteiger partial charge on any atom is -0.459 e. The largest absolute Gasteiger partial charge is 0.459 e. The van der Waals surface area contributed by atoms with Crippen molar-refractivity contribution < 1.29 is 14.3 Å². The molecule has 0 bridgehead atoms. The molecule has 1 fully saturated rings. The number of anilines is 2. The zero-order valence-corrected chi connectivity index (χ0v) is 24.1. The number of hydrogen-bond donors (Lipinski definition) is 0. The highest BCUT2D eigenvalue weighted by Gasteiger charge is 2.58. The van der Waals surface area contributed by atoms with Crippen LogP contribution in [0.4, 0.5) is 17.1 Å². The van der Waals surface area contributed by atoms with Crippen LogP contribution in [-0.4, -0.2) is 61.8 Å². The Bertz CT molecular complexity index is 1520. The van der Waals surface area contributed by atoms with E-state index in [1.807, 2.05) is 31.0 Å². The van der Waals surface area contributed by atoms with Crippen molar-refractivity contribution in [2.75, 3.05) is 43.0 Å². The zero-order chi connectivity index (χ0) is 28.2. The van der Waals surface area contributed by atoms with Crippen molar-refractivity contribution in [2.24, 2.45) is 10.9 Å². The first-order chi connectivity index (χ1) is 19.1. The minimum absolute atomic E-state index is 0.0311. The lowest BCUT2D eigenvalue weighted by molar-refractivity contribution is -0.134. The minimum atomic E-state index is -0.748. The number of likely N-dealkylation sites (N-methyl/N-ethyl adjacent to an activating group) is 1. The third kappa shape index (κ3) is 3.97. The predicted octanol–water partition coefficient (Wildman–Crippen LogP) is 5.71. The van der Waals surface area contributed by atoms with Crippen LogP contribution >= 0.6 is 0 Å². The van der Waals surface area contributed by atoms with Gasteiger partial charge < -0.3 is 19.4 Å². The highest BCUT2D eigenvalue weighted by Crippen LogP contribution is 2.55. The predicted molar refractivity (Wildman–Crippen MR) is 161 cm³/mol. The number of Topliss-reactive ketones (excluding diaryl/α,β-unsaturated/α-hetero) is 1. The van der Waals surface area contributed by atoms with Crippen LogP contribution in [-0.2, 0) is 15.0 Å². The molecule has 0 saturated carbocycles. The van der Waals surface area contributed by atoms with Crippen LogP contribution in [0.1, 0.15) is 46.1 Å². The Morgan fingerprint density at radius 3 is 2.30 bits per heavy atom. The van der Waals surface area contributed by atoms with Crippen LogP contribution in [0, 0.1) is 5.92 Å². The molecule has 0 aromatic heterocycles. The van der Waals surface area contributed by atoms with E-state index >= 15 is 0 Å². The number of rotatable bonds is 5. The van der Waals surface area contributed by atoms with Crippen LogP contribution in [0.25, 0.3) is 10.8 Å². The number of benzene rings is 3. The lowest BCUT2D eigenvalue weighted by Crippen LogP contribution is -2.61. The van der Waals surface area contributed by atoms with Crippen LogP contribution in [0.5, 0.6) is 5.75 Å². The number of nitrogens with zero attached hydrogens (tertiary/aromatic N) is 4. The van der Waals surface area contributed by atoms with Gasteiger partial charge in [-0.05, 0) is 25.5 Å². The number of ketones is 1. The molecule has 1 spiro atoms. The number of ether oxygens (including phenoxy) is 1. The topological polar surface area (TPSA) is 65.5 Å². The third-order valence-corrected chi connectivity index (χ3v) is 9.13. The summed E-state index contributed by atoms with van der Waals surface area (Å²) in [5.41, 5.74) is 3.27. The number of amides is 1. The van der Waals surface area contributed by atoms with E-state index in [9.17, 15) is 9.59 Å². The number of carbonyl (C=O) groups is 2. The Labute approximate surface area is 236 Å². The molecule has 3 aromatic carbocycles. The van der Waals surface area contributed by atoms with Crippen molar-refractivity contribution in [3.63, 3.8) is 0 Å². The van der Waals surface area contributed by atoms with Crippen LogP contribution < -0.4 is 14.5 Å². The number of piperazine rings is 1. The maximum Gasteiger partial charge on any atom is 0.228 e. The van der Waals surface area contributed by atoms with Gasteiger partial charge in [-0.1, -0.05) is 56.3 Å². The quantitative estimate of drug-likeness (QED) is 0.416. The summed E-state index contributed by atoms with van der Waals surface area (Å²) in [4.78, 5) is 36.4. The van der Waals surface area contributed by atoms with Gasteiger partial charge in [0.15, 0.2) is 5.75 Å². The molecule has 1 saturated heterocycles. The molecule has 3 aromatic rings. The fourth-order valence-electron chi connectivity index (χ4n) is 6.54. The first kappa shape index (κ1) is 26.4. The molecule has 40 heavy (non-hydrogen) atoms. The van der Waals surface area contributed by atoms with Gasteiger partial charge in [-0.15, -0.1) is 0 Å². The Morgan fingerprint density at radius 2 is 1.60 bits per heavy atom. The SMILES string of the molecule is CC(C)C(=O)CCC(=O)N1CCN(c2cc3c(c4ccccc24)N=CC2(O3)N(C)c3ccccc3C2(C)C)CC1. The number of fused-ring (bicyclic) bond motifs is 4. The third-order valence-electron chi connectivity index (χ3n) is 9.13. The van der Waals surface area contributed by atoms with E-state index in [-0.39, 0.29) is 23.0 Å². The summed E-state index contributed by atoms with van der Waals surface area (Å²) in [6.45, 7) is 10.9. The Morgan fingerprint density at radius 1 is 0.925 bits per heavy atom. The molecule has 0 N–H and O–H groups in total. The van der Waals surface area contributed by atoms with E-state index in [1.165, 1.54) is 5.56 Å². The second kappa shape index (κ2) is 9.65. The van der Waals surface area contributed by atoms with Crippen molar-refractivity contribution in [1.29, 1.82) is 0 Å². The lowest BCUT2D eigenvalue weighted by atomic mass is 9.77. The molecule has 6 rings (SSSR count). The highest BCUT2D eigenvalue weighted by atomic mass is 16.5. The Kier molecular flexibility index (Phi) is 6.36. The molecule has 1 atom stereocenters. The molecular formula is C33H38N4O3. The molecule has 7 nitrogen and oxygen atoms in total. The summed E-state index contributed by atoms with van der Waals surface area (Å²) < 4.78 is 7.02. The molecule has 3 heterocycles. The maximum atomic E-state index is 12.8. The molecule has 1 unspecified atom stereocenters. The van der Waals surface area contributed by atoms with Gasteiger partial charge in [0, 0.05) is 80.2 Å². The number of carbonyl (C=O) groups excluding carboxylic acids is 2. The Balaban J connectivity index is 1.29. The fraction of sp³-hybridized carbons (Fsp3) is 0.424. The first-order valence-corrected chi connectivity index (χ1v) is 14.3. The van der Waals surface area contributed by atoms with E-state index in [0.29, 0.717) is 25.9 Å². The summed E-state index contributed by atoms with van der Waals surface area (Å²) in [6, 6.07) is 19.0. The van der Waals surface area contributed by atoms with E-state index in [2.05, 4.69) is 79.2 Å². The summed E-state index contributed by atoms with van der Waals surface area (Å²) in [7, 11) is 2.08. The summed E-state index contributed by atoms with van der Waals surface area (Å²) in [5, 5.41) is 2.19. The average Bonchev–Trinajstić information content (AvgIpc) is 3.13. The second-order valence-electron chi connectivity index (χ2n) is 12.0. The fourth-order valence-corrected chi connectivity index (χ4v) is 6.54. The normalized spacial score (nSPS) is 21.1. The van der Waals surface area contributed by atoms with E-state index in [1.54, 1.807) is 0 Å². The number of hydrogen-bond acceptors (Lipinski definition) is 6. The van der Waals surface area contributed by atoms with Crippen molar-refractivity contribution in [3.8, 4) is 5.75 Å². The van der Waals surface area contributed by atoms with Gasteiger partial charge in [0.2, 0.25) is 11.6 Å². The first-order valence-electron chi connectivity index (χ1n) is 14.3. The smallest absolute Gasteiger partial charge is 0.228 e. The summed E-state index contributed by atoms with van der Waals surface area (Å²) >= 11 is 0. The summed E-state index contributed by atoms with van der Waals surface area (Å²) in [6.07, 6.45) is 2.59. The van der Waals surface area contributed by atoms with Crippen LogP contribution in [0.15, 0.2) is 59.6 Å². The Hall–Kier alpha value is -3.87.